The molecule has 0 fully saturated rings. The van der Waals surface area contributed by atoms with E-state index in [2.05, 4.69) is 9.97 Å². The molecular formula is C8H9BNO3. The summed E-state index contributed by atoms with van der Waals surface area (Å²) in [5.41, 5.74) is 0.549. The summed E-state index contributed by atoms with van der Waals surface area (Å²) in [6.45, 7) is 0. The number of nitrogens with one attached hydrogen (secondary N) is 1. The van der Waals surface area contributed by atoms with Gasteiger partial charge in [0.05, 0.1) is 0 Å². The number of hydrogen-bond donors (Lipinski definition) is 2. The first kappa shape index (κ1) is 9.60. The third-order valence-corrected chi connectivity index (χ3v) is 1.53. The maximum atomic E-state index is 11.1. The first-order chi connectivity index (χ1) is 6.27. The van der Waals surface area contributed by atoms with E-state index in [-0.39, 0.29) is 5.91 Å². The van der Waals surface area contributed by atoms with E-state index in [9.17, 15) is 4.79 Å². The lowest BCUT2D eigenvalue weighted by molar-refractivity contribution is 0.0963. The van der Waals surface area contributed by atoms with Gasteiger partial charge in [0.25, 0.3) is 5.91 Å². The second-order valence-electron chi connectivity index (χ2n) is 2.33. The Kier molecular flexibility index (Phi) is 3.34. The summed E-state index contributed by atoms with van der Waals surface area (Å²) >= 11 is 0. The number of rotatable bonds is 3. The van der Waals surface area contributed by atoms with Crippen molar-refractivity contribution in [2.75, 3.05) is 7.05 Å². The molecule has 0 aliphatic carbocycles. The van der Waals surface area contributed by atoms with Gasteiger partial charge in [-0.05, 0) is 24.3 Å². The molecule has 0 spiro atoms. The Balaban J connectivity index is 2.75. The number of hydrogen-bond acceptors (Lipinski definition) is 3. The second kappa shape index (κ2) is 4.52. The van der Waals surface area contributed by atoms with Gasteiger partial charge in [-0.2, -0.15) is 0 Å². The largest absolute Gasteiger partial charge is 0.569 e. The van der Waals surface area contributed by atoms with Crippen molar-refractivity contribution in [1.82, 2.24) is 5.32 Å². The quantitative estimate of drug-likeness (QED) is 0.638. The van der Waals surface area contributed by atoms with Gasteiger partial charge in [0.15, 0.2) is 0 Å². The minimum Gasteiger partial charge on any atom is -0.537 e. The van der Waals surface area contributed by atoms with Crippen LogP contribution in [-0.4, -0.2) is 25.7 Å². The fraction of sp³-hybridized carbons (Fsp3) is 0.125. The average molecular weight is 178 g/mol. The van der Waals surface area contributed by atoms with Crippen molar-refractivity contribution in [3.8, 4) is 5.75 Å². The van der Waals surface area contributed by atoms with Gasteiger partial charge in [0.1, 0.15) is 5.75 Å². The van der Waals surface area contributed by atoms with E-state index in [1.165, 1.54) is 0 Å². The van der Waals surface area contributed by atoms with Crippen molar-refractivity contribution in [3.63, 3.8) is 0 Å². The van der Waals surface area contributed by atoms with E-state index in [0.717, 1.165) is 0 Å². The van der Waals surface area contributed by atoms with E-state index >= 15 is 0 Å². The molecule has 0 aliphatic heterocycles. The molecule has 0 aliphatic rings. The van der Waals surface area contributed by atoms with Crippen LogP contribution in [0.25, 0.3) is 0 Å². The van der Waals surface area contributed by atoms with Gasteiger partial charge in [-0.1, -0.05) is 0 Å². The van der Waals surface area contributed by atoms with Crippen molar-refractivity contribution >= 4 is 13.6 Å². The Morgan fingerprint density at radius 3 is 2.54 bits per heavy atom. The molecular weight excluding hydrogens is 169 g/mol. The summed E-state index contributed by atoms with van der Waals surface area (Å²) in [7, 11) is 2.16. The monoisotopic (exact) mass is 178 g/mol. The van der Waals surface area contributed by atoms with Gasteiger partial charge in [-0.15, -0.1) is 0 Å². The summed E-state index contributed by atoms with van der Waals surface area (Å²) in [5.74, 6) is 0.328. The summed E-state index contributed by atoms with van der Waals surface area (Å²) in [6, 6.07) is 6.41. The number of carbonyl (C=O) groups is 1. The molecule has 0 unspecified atom stereocenters. The number of amides is 1. The fourth-order valence-corrected chi connectivity index (χ4v) is 0.890. The zero-order valence-corrected chi connectivity index (χ0v) is 7.15. The molecule has 0 aromatic heterocycles. The highest BCUT2D eigenvalue weighted by molar-refractivity contribution is 6.17. The molecule has 13 heavy (non-hydrogen) atoms. The molecule has 1 aromatic carbocycles. The third kappa shape index (κ3) is 2.49. The SMILES string of the molecule is CNC(=O)c1ccc(O[B]O)cc1. The molecule has 1 rings (SSSR count). The predicted molar refractivity (Wildman–Crippen MR) is 48.4 cm³/mol. The Hall–Kier alpha value is -1.49. The number of carbonyl (C=O) groups excluding carboxylic acids is 1. The fourth-order valence-electron chi connectivity index (χ4n) is 0.890. The standard InChI is InChI=1S/C8H9BNO3/c1-10-8(11)6-2-4-7(5-3-6)13-9-12/h2-5,12H,1H3,(H,10,11). The van der Waals surface area contributed by atoms with Crippen LogP contribution in [0.1, 0.15) is 10.4 Å². The first-order valence-corrected chi connectivity index (χ1v) is 3.72. The second-order valence-corrected chi connectivity index (χ2v) is 2.33. The molecule has 0 saturated heterocycles. The van der Waals surface area contributed by atoms with Crippen LogP contribution in [0, 0.1) is 0 Å². The van der Waals surface area contributed by atoms with Crippen molar-refractivity contribution in [1.29, 1.82) is 0 Å². The zero-order valence-electron chi connectivity index (χ0n) is 7.15. The normalized spacial score (nSPS) is 9.08. The smallest absolute Gasteiger partial charge is 0.537 e. The molecule has 4 nitrogen and oxygen atoms in total. The Morgan fingerprint density at radius 2 is 2.08 bits per heavy atom. The van der Waals surface area contributed by atoms with Gasteiger partial charge in [-0.3, -0.25) is 4.79 Å². The maximum absolute atomic E-state index is 11.1. The van der Waals surface area contributed by atoms with Gasteiger partial charge >= 0.3 is 7.69 Å². The first-order valence-electron chi connectivity index (χ1n) is 3.72. The van der Waals surface area contributed by atoms with Crippen molar-refractivity contribution in [2.24, 2.45) is 0 Å². The molecule has 5 heteroatoms. The van der Waals surface area contributed by atoms with Crippen LogP contribution >= 0.6 is 0 Å². The molecule has 0 saturated carbocycles. The van der Waals surface area contributed by atoms with Crippen LogP contribution in [0.5, 0.6) is 5.75 Å². The molecule has 0 heterocycles. The van der Waals surface area contributed by atoms with Crippen LogP contribution < -0.4 is 9.97 Å². The third-order valence-electron chi connectivity index (χ3n) is 1.53. The average Bonchev–Trinajstić information content (AvgIpc) is 2.18. The Bertz CT molecular complexity index is 286. The molecule has 1 amide bonds. The summed E-state index contributed by atoms with van der Waals surface area (Å²) in [4.78, 5) is 11.1. The van der Waals surface area contributed by atoms with Gasteiger partial charge < -0.3 is 15.0 Å². The molecule has 1 radical (unpaired) electrons. The maximum Gasteiger partial charge on any atom is 0.569 e. The van der Waals surface area contributed by atoms with Gasteiger partial charge in [-0.25, -0.2) is 0 Å². The molecule has 0 bridgehead atoms. The molecule has 67 valence electrons. The predicted octanol–water partition coefficient (Wildman–Crippen LogP) is -0.0485. The van der Waals surface area contributed by atoms with Crippen LogP contribution in [0.15, 0.2) is 24.3 Å². The van der Waals surface area contributed by atoms with Crippen molar-refractivity contribution in [2.45, 2.75) is 0 Å². The Morgan fingerprint density at radius 1 is 1.46 bits per heavy atom. The highest BCUT2D eigenvalue weighted by Gasteiger charge is 2.02. The summed E-state index contributed by atoms with van der Waals surface area (Å²) in [5, 5.41) is 10.8. The van der Waals surface area contributed by atoms with Crippen LogP contribution in [0.2, 0.25) is 0 Å². The Labute approximate surface area is 76.8 Å². The van der Waals surface area contributed by atoms with Crippen LogP contribution in [-0.2, 0) is 0 Å². The van der Waals surface area contributed by atoms with Crippen LogP contribution in [0.3, 0.4) is 0 Å². The van der Waals surface area contributed by atoms with E-state index in [0.29, 0.717) is 19.0 Å². The summed E-state index contributed by atoms with van der Waals surface area (Å²) < 4.78 is 4.67. The highest BCUT2D eigenvalue weighted by Crippen LogP contribution is 2.10. The lowest BCUT2D eigenvalue weighted by Crippen LogP contribution is -2.17. The van der Waals surface area contributed by atoms with Crippen LogP contribution in [0.4, 0.5) is 0 Å². The molecule has 1 aromatic rings. The zero-order chi connectivity index (χ0) is 9.68. The van der Waals surface area contributed by atoms with E-state index in [1.807, 2.05) is 0 Å². The minimum atomic E-state index is -0.153. The lowest BCUT2D eigenvalue weighted by Gasteiger charge is -2.02. The lowest BCUT2D eigenvalue weighted by atomic mass is 10.2. The summed E-state index contributed by atoms with van der Waals surface area (Å²) in [6.07, 6.45) is 0. The minimum absolute atomic E-state index is 0.153. The van der Waals surface area contributed by atoms with Crippen molar-refractivity contribution in [3.05, 3.63) is 29.8 Å². The molecule has 0 atom stereocenters. The molecule has 2 N–H and O–H groups in total. The van der Waals surface area contributed by atoms with Crippen molar-refractivity contribution < 1.29 is 14.5 Å². The van der Waals surface area contributed by atoms with Gasteiger partial charge in [0, 0.05) is 12.6 Å². The topological polar surface area (TPSA) is 58.6 Å². The number of benzene rings is 1. The van der Waals surface area contributed by atoms with E-state index in [1.54, 1.807) is 31.3 Å². The highest BCUT2D eigenvalue weighted by atomic mass is 16.5. The van der Waals surface area contributed by atoms with E-state index in [4.69, 9.17) is 5.02 Å². The van der Waals surface area contributed by atoms with E-state index < -0.39 is 0 Å². The van der Waals surface area contributed by atoms with Gasteiger partial charge in [0.2, 0.25) is 0 Å².